The summed E-state index contributed by atoms with van der Waals surface area (Å²) in [6.45, 7) is 5.17. The first-order valence-electron chi connectivity index (χ1n) is 6.20. The van der Waals surface area contributed by atoms with E-state index in [0.29, 0.717) is 6.04 Å². The molecule has 0 bridgehead atoms. The van der Waals surface area contributed by atoms with Gasteiger partial charge in [0.15, 0.2) is 0 Å². The lowest BCUT2D eigenvalue weighted by molar-refractivity contribution is 0.573. The van der Waals surface area contributed by atoms with Crippen LogP contribution in [0.1, 0.15) is 29.7 Å². The van der Waals surface area contributed by atoms with E-state index in [1.54, 1.807) is 0 Å². The average molecular weight is 260 g/mol. The molecule has 1 nitrogen and oxygen atoms in total. The highest BCUT2D eigenvalue weighted by Crippen LogP contribution is 2.18. The molecule has 0 saturated carbocycles. The van der Waals surface area contributed by atoms with E-state index in [2.05, 4.69) is 49.5 Å². The number of benzene rings is 2. The summed E-state index contributed by atoms with van der Waals surface area (Å²) in [7, 11) is 0. The second-order valence-corrected chi connectivity index (χ2v) is 5.02. The monoisotopic (exact) mass is 259 g/mol. The fraction of sp³-hybridized carbons (Fsp3) is 0.250. The lowest BCUT2D eigenvalue weighted by Gasteiger charge is -2.15. The third-order valence-corrected chi connectivity index (χ3v) is 3.44. The van der Waals surface area contributed by atoms with Gasteiger partial charge in [-0.05, 0) is 42.7 Å². The van der Waals surface area contributed by atoms with Crippen LogP contribution in [0.4, 0.5) is 0 Å². The van der Waals surface area contributed by atoms with Crippen molar-refractivity contribution in [2.75, 3.05) is 0 Å². The van der Waals surface area contributed by atoms with Crippen molar-refractivity contribution in [3.8, 4) is 0 Å². The van der Waals surface area contributed by atoms with Crippen LogP contribution in [0.15, 0.2) is 48.5 Å². The van der Waals surface area contributed by atoms with E-state index >= 15 is 0 Å². The summed E-state index contributed by atoms with van der Waals surface area (Å²) in [4.78, 5) is 0. The highest BCUT2D eigenvalue weighted by atomic mass is 35.5. The van der Waals surface area contributed by atoms with Gasteiger partial charge < -0.3 is 5.32 Å². The fourth-order valence-electron chi connectivity index (χ4n) is 1.97. The lowest BCUT2D eigenvalue weighted by atomic mass is 10.1. The first-order valence-corrected chi connectivity index (χ1v) is 6.58. The van der Waals surface area contributed by atoms with E-state index in [0.717, 1.165) is 11.6 Å². The first-order chi connectivity index (χ1) is 8.66. The van der Waals surface area contributed by atoms with Crippen molar-refractivity contribution >= 4 is 11.6 Å². The molecule has 1 N–H and O–H groups in total. The lowest BCUT2D eigenvalue weighted by Crippen LogP contribution is -2.18. The largest absolute Gasteiger partial charge is 0.306 e. The molecular formula is C16H18ClN. The first kappa shape index (κ1) is 13.1. The van der Waals surface area contributed by atoms with Gasteiger partial charge >= 0.3 is 0 Å². The Morgan fingerprint density at radius 2 is 1.89 bits per heavy atom. The number of rotatable bonds is 4. The van der Waals surface area contributed by atoms with Crippen LogP contribution >= 0.6 is 11.6 Å². The van der Waals surface area contributed by atoms with Gasteiger partial charge in [0.2, 0.25) is 0 Å². The Kier molecular flexibility index (Phi) is 4.40. The smallest absolute Gasteiger partial charge is 0.0409 e. The molecule has 0 heterocycles. The van der Waals surface area contributed by atoms with Gasteiger partial charge in [0.05, 0.1) is 0 Å². The van der Waals surface area contributed by atoms with Gasteiger partial charge in [-0.25, -0.2) is 0 Å². The average Bonchev–Trinajstić information content (AvgIpc) is 2.37. The summed E-state index contributed by atoms with van der Waals surface area (Å²) in [5.74, 6) is 0. The van der Waals surface area contributed by atoms with Crippen molar-refractivity contribution in [3.63, 3.8) is 0 Å². The van der Waals surface area contributed by atoms with Crippen LogP contribution in [0.5, 0.6) is 0 Å². The third kappa shape index (κ3) is 3.34. The summed E-state index contributed by atoms with van der Waals surface area (Å²) in [6, 6.07) is 16.7. The molecule has 0 aliphatic carbocycles. The zero-order valence-electron chi connectivity index (χ0n) is 10.8. The van der Waals surface area contributed by atoms with Crippen molar-refractivity contribution < 1.29 is 0 Å². The van der Waals surface area contributed by atoms with Crippen LogP contribution in [-0.4, -0.2) is 0 Å². The fourth-order valence-corrected chi connectivity index (χ4v) is 2.16. The molecule has 94 valence electrons. The Bertz CT molecular complexity index is 522. The summed E-state index contributed by atoms with van der Waals surface area (Å²) >= 11 is 6.00. The molecule has 0 aliphatic rings. The molecule has 2 rings (SSSR count). The molecule has 2 aromatic carbocycles. The quantitative estimate of drug-likeness (QED) is 0.853. The molecule has 0 aromatic heterocycles. The van der Waals surface area contributed by atoms with Gasteiger partial charge in [0, 0.05) is 17.6 Å². The van der Waals surface area contributed by atoms with E-state index in [4.69, 9.17) is 11.6 Å². The molecule has 0 saturated heterocycles. The maximum absolute atomic E-state index is 6.00. The number of nitrogens with one attached hydrogen (secondary N) is 1. The maximum Gasteiger partial charge on any atom is 0.0409 e. The van der Waals surface area contributed by atoms with Gasteiger partial charge in [-0.15, -0.1) is 0 Å². The summed E-state index contributed by atoms with van der Waals surface area (Å²) in [5, 5.41) is 4.31. The Morgan fingerprint density at radius 3 is 2.61 bits per heavy atom. The van der Waals surface area contributed by atoms with Crippen LogP contribution in [0.2, 0.25) is 5.02 Å². The molecule has 0 unspecified atom stereocenters. The van der Waals surface area contributed by atoms with E-state index < -0.39 is 0 Å². The Labute approximate surface area is 114 Å². The number of hydrogen-bond donors (Lipinski definition) is 1. The minimum Gasteiger partial charge on any atom is -0.306 e. The van der Waals surface area contributed by atoms with Crippen LogP contribution < -0.4 is 5.32 Å². The van der Waals surface area contributed by atoms with E-state index in [9.17, 15) is 0 Å². The van der Waals surface area contributed by atoms with Crippen molar-refractivity contribution in [2.45, 2.75) is 26.4 Å². The topological polar surface area (TPSA) is 12.0 Å². The summed E-state index contributed by atoms with van der Waals surface area (Å²) in [6.07, 6.45) is 0. The van der Waals surface area contributed by atoms with E-state index in [1.165, 1.54) is 16.7 Å². The molecule has 0 aliphatic heterocycles. The zero-order valence-corrected chi connectivity index (χ0v) is 11.5. The van der Waals surface area contributed by atoms with Gasteiger partial charge in [-0.2, -0.15) is 0 Å². The third-order valence-electron chi connectivity index (χ3n) is 3.21. The highest BCUT2D eigenvalue weighted by molar-refractivity contribution is 6.30. The molecule has 18 heavy (non-hydrogen) atoms. The zero-order chi connectivity index (χ0) is 13.0. The van der Waals surface area contributed by atoms with Gasteiger partial charge in [0.1, 0.15) is 0 Å². The molecule has 0 amide bonds. The summed E-state index contributed by atoms with van der Waals surface area (Å²) in [5.41, 5.74) is 3.88. The van der Waals surface area contributed by atoms with Crippen LogP contribution in [0, 0.1) is 6.92 Å². The van der Waals surface area contributed by atoms with E-state index in [-0.39, 0.29) is 0 Å². The number of aryl methyl sites for hydroxylation is 1. The minimum atomic E-state index is 0.295. The summed E-state index contributed by atoms with van der Waals surface area (Å²) < 4.78 is 0. The van der Waals surface area contributed by atoms with Crippen LogP contribution in [0.3, 0.4) is 0 Å². The van der Waals surface area contributed by atoms with Crippen LogP contribution in [-0.2, 0) is 6.54 Å². The number of halogens is 1. The van der Waals surface area contributed by atoms with E-state index in [1.807, 2.05) is 18.2 Å². The molecule has 2 aromatic rings. The predicted molar refractivity (Wildman–Crippen MR) is 77.9 cm³/mol. The van der Waals surface area contributed by atoms with Crippen LogP contribution in [0.25, 0.3) is 0 Å². The van der Waals surface area contributed by atoms with Gasteiger partial charge in [-0.3, -0.25) is 0 Å². The second-order valence-electron chi connectivity index (χ2n) is 4.58. The second kappa shape index (κ2) is 6.03. The SMILES string of the molecule is Cc1ccccc1CN[C@H](C)c1cccc(Cl)c1. The molecular weight excluding hydrogens is 242 g/mol. The molecule has 1 atom stereocenters. The maximum atomic E-state index is 6.00. The van der Waals surface area contributed by atoms with Gasteiger partial charge in [-0.1, -0.05) is 48.0 Å². The van der Waals surface area contributed by atoms with Crippen molar-refractivity contribution in [1.82, 2.24) is 5.32 Å². The minimum absolute atomic E-state index is 0.295. The van der Waals surface area contributed by atoms with Crippen molar-refractivity contribution in [1.29, 1.82) is 0 Å². The Hall–Kier alpha value is -1.31. The highest BCUT2D eigenvalue weighted by Gasteiger charge is 2.05. The van der Waals surface area contributed by atoms with Crippen molar-refractivity contribution in [2.24, 2.45) is 0 Å². The predicted octanol–water partition coefficient (Wildman–Crippen LogP) is 4.50. The Balaban J connectivity index is 2.00. The number of hydrogen-bond acceptors (Lipinski definition) is 1. The molecule has 2 heteroatoms. The normalized spacial score (nSPS) is 12.4. The van der Waals surface area contributed by atoms with Crippen molar-refractivity contribution in [3.05, 3.63) is 70.2 Å². The molecule has 0 radical (unpaired) electrons. The molecule has 0 fully saturated rings. The standard InChI is InChI=1S/C16H18ClN/c1-12-6-3-4-7-15(12)11-18-13(2)14-8-5-9-16(17)10-14/h3-10,13,18H,11H2,1-2H3/t13-/m1/s1. The van der Waals surface area contributed by atoms with Gasteiger partial charge in [0.25, 0.3) is 0 Å². The Morgan fingerprint density at radius 1 is 1.11 bits per heavy atom. The molecule has 0 spiro atoms.